The van der Waals surface area contributed by atoms with Crippen molar-refractivity contribution in [1.29, 1.82) is 0 Å². The van der Waals surface area contributed by atoms with Gasteiger partial charge in [0, 0.05) is 33.1 Å². The molecule has 3 heteroatoms. The summed E-state index contributed by atoms with van der Waals surface area (Å²) in [6.45, 7) is 0. The van der Waals surface area contributed by atoms with Gasteiger partial charge < -0.3 is 13.7 Å². The van der Waals surface area contributed by atoms with E-state index < -0.39 is 0 Å². The molecule has 0 unspecified atom stereocenters. The second kappa shape index (κ2) is 11.7. The zero-order valence-electron chi connectivity index (χ0n) is 28.7. The molecular weight excluding hydrogens is 647 g/mol. The monoisotopic (exact) mass is 677 g/mol. The van der Waals surface area contributed by atoms with Gasteiger partial charge >= 0.3 is 0 Å². The highest BCUT2D eigenvalue weighted by Gasteiger charge is 2.23. The van der Waals surface area contributed by atoms with E-state index >= 15 is 0 Å². The molecule has 53 heavy (non-hydrogen) atoms. The van der Waals surface area contributed by atoms with E-state index in [0.717, 1.165) is 77.6 Å². The number of para-hydroxylation sites is 1. The first-order chi connectivity index (χ1) is 26.3. The molecule has 0 N–H and O–H groups in total. The van der Waals surface area contributed by atoms with Gasteiger partial charge in [0.05, 0.1) is 11.1 Å². The number of furan rings is 2. The molecule has 0 radical (unpaired) electrons. The third-order valence-corrected chi connectivity index (χ3v) is 10.6. The summed E-state index contributed by atoms with van der Waals surface area (Å²) in [6.07, 6.45) is 0. The summed E-state index contributed by atoms with van der Waals surface area (Å²) in [7, 11) is 0. The summed E-state index contributed by atoms with van der Waals surface area (Å²) < 4.78 is 13.2. The van der Waals surface area contributed by atoms with E-state index in [9.17, 15) is 0 Å². The van der Waals surface area contributed by atoms with Crippen molar-refractivity contribution in [3.8, 4) is 22.3 Å². The Kier molecular flexibility index (Phi) is 6.55. The molecule has 0 bridgehead atoms. The minimum absolute atomic E-state index is 0.859. The molecule has 9 aromatic carbocycles. The van der Waals surface area contributed by atoms with Crippen LogP contribution in [0.3, 0.4) is 0 Å². The molecule has 2 heterocycles. The van der Waals surface area contributed by atoms with Crippen molar-refractivity contribution in [1.82, 2.24) is 0 Å². The Balaban J connectivity index is 1.17. The molecule has 0 aliphatic rings. The average Bonchev–Trinajstić information content (AvgIpc) is 3.80. The molecule has 0 aliphatic heterocycles. The summed E-state index contributed by atoms with van der Waals surface area (Å²) in [5, 5.41) is 9.22. The summed E-state index contributed by atoms with van der Waals surface area (Å²) in [6, 6.07) is 66.7. The van der Waals surface area contributed by atoms with Crippen molar-refractivity contribution in [3.63, 3.8) is 0 Å². The van der Waals surface area contributed by atoms with E-state index in [4.69, 9.17) is 8.83 Å². The van der Waals surface area contributed by atoms with Gasteiger partial charge in [-0.05, 0) is 98.9 Å². The van der Waals surface area contributed by atoms with Crippen molar-refractivity contribution in [2.45, 2.75) is 0 Å². The van der Waals surface area contributed by atoms with Crippen LogP contribution >= 0.6 is 0 Å². The predicted molar refractivity (Wildman–Crippen MR) is 222 cm³/mol. The Morgan fingerprint density at radius 1 is 0.340 bits per heavy atom. The number of hydrogen-bond acceptors (Lipinski definition) is 3. The minimum Gasteiger partial charge on any atom is -0.456 e. The molecule has 0 aliphatic carbocycles. The minimum atomic E-state index is 0.859. The molecule has 0 amide bonds. The average molecular weight is 678 g/mol. The van der Waals surface area contributed by atoms with Gasteiger partial charge in [-0.3, -0.25) is 0 Å². The first kappa shape index (κ1) is 29.6. The van der Waals surface area contributed by atoms with Crippen LogP contribution in [0.25, 0.3) is 87.7 Å². The smallest absolute Gasteiger partial charge is 0.145 e. The second-order valence-electron chi connectivity index (χ2n) is 13.7. The standard InChI is InChI=1S/C50H31NO2/c1-3-11-32(12-4-1)35-21-24-42-44-31-38(23-28-47(44)52-48(42)30-35)51(37-22-25-40-36(29-37)20-19-34-15-7-8-16-39(34)40)45-27-26-41(33-13-5-2-6-14-33)50-49(45)43-17-9-10-18-46(43)53-50/h1-31H. The van der Waals surface area contributed by atoms with E-state index in [1.165, 1.54) is 27.1 Å². The molecule has 0 atom stereocenters. The number of anilines is 3. The zero-order valence-corrected chi connectivity index (χ0v) is 28.7. The van der Waals surface area contributed by atoms with Crippen molar-refractivity contribution in [2.75, 3.05) is 4.90 Å². The van der Waals surface area contributed by atoms with E-state index in [0.29, 0.717) is 0 Å². The van der Waals surface area contributed by atoms with Crippen molar-refractivity contribution < 1.29 is 8.83 Å². The van der Waals surface area contributed by atoms with Gasteiger partial charge in [0.1, 0.15) is 22.3 Å². The predicted octanol–water partition coefficient (Wildman–Crippen LogP) is 14.6. The molecule has 0 spiro atoms. The fraction of sp³-hybridized carbons (Fsp3) is 0. The lowest BCUT2D eigenvalue weighted by atomic mass is 9.98. The van der Waals surface area contributed by atoms with E-state index in [1.807, 2.05) is 12.1 Å². The number of nitrogens with zero attached hydrogens (tertiary/aromatic N) is 1. The number of fused-ring (bicyclic) bond motifs is 9. The lowest BCUT2D eigenvalue weighted by molar-refractivity contribution is 0.669. The van der Waals surface area contributed by atoms with Crippen LogP contribution in [0.5, 0.6) is 0 Å². The zero-order chi connectivity index (χ0) is 34.9. The third-order valence-electron chi connectivity index (χ3n) is 10.6. The molecule has 0 fully saturated rings. The van der Waals surface area contributed by atoms with Crippen molar-refractivity contribution >= 4 is 82.5 Å². The normalized spacial score (nSPS) is 11.8. The van der Waals surface area contributed by atoms with Crippen LogP contribution < -0.4 is 4.90 Å². The van der Waals surface area contributed by atoms with Gasteiger partial charge in [0.2, 0.25) is 0 Å². The Morgan fingerprint density at radius 3 is 1.87 bits per heavy atom. The highest BCUT2D eigenvalue weighted by atomic mass is 16.3. The van der Waals surface area contributed by atoms with Gasteiger partial charge in [0.25, 0.3) is 0 Å². The molecular formula is C50H31NO2. The number of hydrogen-bond donors (Lipinski definition) is 0. The molecule has 11 rings (SSSR count). The maximum atomic E-state index is 6.74. The SMILES string of the molecule is c1ccc(-c2ccc3c(c2)oc2ccc(N(c4ccc5c(ccc6ccccc65)c4)c4ccc(-c5ccccc5)c5oc6ccccc6c45)cc23)cc1. The maximum Gasteiger partial charge on any atom is 0.145 e. The Morgan fingerprint density at radius 2 is 1.00 bits per heavy atom. The first-order valence-electron chi connectivity index (χ1n) is 18.0. The van der Waals surface area contributed by atoms with Crippen LogP contribution in [0.15, 0.2) is 197 Å². The quantitative estimate of drug-likeness (QED) is 0.170. The first-order valence-corrected chi connectivity index (χ1v) is 18.0. The molecule has 3 nitrogen and oxygen atoms in total. The fourth-order valence-electron chi connectivity index (χ4n) is 8.12. The van der Waals surface area contributed by atoms with E-state index in [1.54, 1.807) is 0 Å². The van der Waals surface area contributed by atoms with E-state index in [2.05, 4.69) is 181 Å². The third kappa shape index (κ3) is 4.75. The summed E-state index contributed by atoms with van der Waals surface area (Å²) in [4.78, 5) is 2.38. The Bertz CT molecular complexity index is 3170. The molecule has 2 aromatic heterocycles. The van der Waals surface area contributed by atoms with Crippen molar-refractivity contribution in [3.05, 3.63) is 188 Å². The fourth-order valence-corrected chi connectivity index (χ4v) is 8.12. The van der Waals surface area contributed by atoms with Gasteiger partial charge in [0.15, 0.2) is 0 Å². The van der Waals surface area contributed by atoms with Gasteiger partial charge in [-0.25, -0.2) is 0 Å². The highest BCUT2D eigenvalue weighted by Crippen LogP contribution is 2.47. The van der Waals surface area contributed by atoms with Gasteiger partial charge in [-0.2, -0.15) is 0 Å². The summed E-state index contributed by atoms with van der Waals surface area (Å²) >= 11 is 0. The maximum absolute atomic E-state index is 6.74. The molecule has 0 saturated carbocycles. The van der Waals surface area contributed by atoms with Crippen LogP contribution in [-0.2, 0) is 0 Å². The number of benzene rings is 9. The van der Waals surface area contributed by atoms with Gasteiger partial charge in [-0.15, -0.1) is 0 Å². The van der Waals surface area contributed by atoms with Crippen LogP contribution in [0.1, 0.15) is 0 Å². The van der Waals surface area contributed by atoms with Crippen LogP contribution in [0, 0.1) is 0 Å². The Hall–Kier alpha value is -7.10. The lowest BCUT2D eigenvalue weighted by Gasteiger charge is -2.27. The Labute approximate surface area is 305 Å². The van der Waals surface area contributed by atoms with Crippen molar-refractivity contribution in [2.24, 2.45) is 0 Å². The number of rotatable bonds is 5. The van der Waals surface area contributed by atoms with Crippen LogP contribution in [0.2, 0.25) is 0 Å². The van der Waals surface area contributed by atoms with Crippen LogP contribution in [-0.4, -0.2) is 0 Å². The summed E-state index contributed by atoms with van der Waals surface area (Å²) in [5.41, 5.74) is 11.1. The molecule has 0 saturated heterocycles. The second-order valence-corrected chi connectivity index (χ2v) is 13.7. The molecule has 248 valence electrons. The van der Waals surface area contributed by atoms with Gasteiger partial charge in [-0.1, -0.05) is 127 Å². The largest absolute Gasteiger partial charge is 0.456 e. The highest BCUT2D eigenvalue weighted by molar-refractivity contribution is 6.18. The molecule has 11 aromatic rings. The van der Waals surface area contributed by atoms with E-state index in [-0.39, 0.29) is 0 Å². The lowest BCUT2D eigenvalue weighted by Crippen LogP contribution is -2.10. The van der Waals surface area contributed by atoms with Crippen LogP contribution in [0.4, 0.5) is 17.1 Å². The topological polar surface area (TPSA) is 29.5 Å². The summed E-state index contributed by atoms with van der Waals surface area (Å²) in [5.74, 6) is 0.